The molecule has 0 spiro atoms. The number of ether oxygens (including phenoxy) is 4. The summed E-state index contributed by atoms with van der Waals surface area (Å²) in [7, 11) is 0. The van der Waals surface area contributed by atoms with Gasteiger partial charge in [0.25, 0.3) is 0 Å². The van der Waals surface area contributed by atoms with Crippen LogP contribution in [0.4, 0.5) is 0 Å². The van der Waals surface area contributed by atoms with E-state index in [9.17, 15) is 15.1 Å². The molecule has 3 aliphatic rings. The Morgan fingerprint density at radius 3 is 2.58 bits per heavy atom. The first kappa shape index (κ1) is 24.2. The summed E-state index contributed by atoms with van der Waals surface area (Å²) in [6, 6.07) is 0. The number of nitrogens with zero attached hydrogens (tertiary/aromatic N) is 1. The molecule has 3 rings (SSSR count). The third-order valence-corrected chi connectivity index (χ3v) is 6.32. The third kappa shape index (κ3) is 7.27. The van der Waals surface area contributed by atoms with E-state index in [1.807, 2.05) is 12.2 Å². The quantitative estimate of drug-likeness (QED) is 0.204. The van der Waals surface area contributed by atoms with Crippen LogP contribution < -0.4 is 0 Å². The van der Waals surface area contributed by atoms with Crippen LogP contribution in [-0.4, -0.2) is 60.0 Å². The Hall–Kier alpha value is -1.48. The number of hydrogen-bond donors (Lipinski definition) is 2. The Balaban J connectivity index is 1.73. The minimum Gasteiger partial charge on any atom is -0.481 e. The monoisotopic (exact) mass is 439 g/mol. The second-order valence-electron chi connectivity index (χ2n) is 8.69. The van der Waals surface area contributed by atoms with E-state index in [0.29, 0.717) is 18.7 Å². The highest BCUT2D eigenvalue weighted by Crippen LogP contribution is 2.37. The molecule has 0 aromatic carbocycles. The zero-order valence-electron chi connectivity index (χ0n) is 18.5. The lowest BCUT2D eigenvalue weighted by molar-refractivity contribution is -0.151. The van der Waals surface area contributed by atoms with Crippen molar-refractivity contribution in [1.82, 2.24) is 0 Å². The van der Waals surface area contributed by atoms with Crippen molar-refractivity contribution in [2.75, 3.05) is 13.2 Å². The fourth-order valence-corrected chi connectivity index (χ4v) is 4.69. The Morgan fingerprint density at radius 2 is 1.97 bits per heavy atom. The molecule has 2 N–H and O–H groups in total. The average Bonchev–Trinajstić information content (AvgIpc) is 3.49. The highest BCUT2D eigenvalue weighted by Gasteiger charge is 2.43. The highest BCUT2D eigenvalue weighted by molar-refractivity contribution is 5.92. The van der Waals surface area contributed by atoms with Gasteiger partial charge in [-0.05, 0) is 19.3 Å². The van der Waals surface area contributed by atoms with Gasteiger partial charge in [-0.1, -0.05) is 43.5 Å². The zero-order valence-corrected chi connectivity index (χ0v) is 18.5. The molecule has 6 atom stereocenters. The second-order valence-corrected chi connectivity index (χ2v) is 8.69. The van der Waals surface area contributed by atoms with Gasteiger partial charge in [-0.25, -0.2) is 0 Å². The van der Waals surface area contributed by atoms with Crippen molar-refractivity contribution in [1.29, 1.82) is 0 Å². The third-order valence-electron chi connectivity index (χ3n) is 6.32. The summed E-state index contributed by atoms with van der Waals surface area (Å²) in [5.74, 6) is -1.55. The molecule has 1 saturated carbocycles. The van der Waals surface area contributed by atoms with Gasteiger partial charge in [0.1, 0.15) is 0 Å². The van der Waals surface area contributed by atoms with E-state index in [-0.39, 0.29) is 37.1 Å². The van der Waals surface area contributed by atoms with Gasteiger partial charge in [-0.15, -0.1) is 0 Å². The molecule has 0 radical (unpaired) electrons. The van der Waals surface area contributed by atoms with Crippen molar-refractivity contribution in [3.8, 4) is 0 Å². The summed E-state index contributed by atoms with van der Waals surface area (Å²) < 4.78 is 23.6. The number of oxime groups is 1. The molecule has 6 unspecified atom stereocenters. The molecular formula is C23H37NO7. The molecule has 2 saturated heterocycles. The average molecular weight is 440 g/mol. The van der Waals surface area contributed by atoms with Gasteiger partial charge in [0.15, 0.2) is 12.6 Å². The van der Waals surface area contributed by atoms with Crippen LogP contribution in [0.1, 0.15) is 71.1 Å². The largest absolute Gasteiger partial charge is 0.481 e. The maximum atomic E-state index is 11.5. The number of rotatable bonds is 12. The minimum atomic E-state index is -0.919. The zero-order chi connectivity index (χ0) is 22.1. The van der Waals surface area contributed by atoms with E-state index < -0.39 is 11.9 Å². The predicted molar refractivity (Wildman–Crippen MR) is 114 cm³/mol. The van der Waals surface area contributed by atoms with E-state index in [0.717, 1.165) is 58.0 Å². The van der Waals surface area contributed by atoms with E-state index in [2.05, 4.69) is 12.1 Å². The van der Waals surface area contributed by atoms with Gasteiger partial charge >= 0.3 is 5.97 Å². The van der Waals surface area contributed by atoms with Crippen LogP contribution in [0, 0.1) is 11.8 Å². The Morgan fingerprint density at radius 1 is 1.23 bits per heavy atom. The van der Waals surface area contributed by atoms with Crippen LogP contribution in [-0.2, 0) is 23.7 Å². The highest BCUT2D eigenvalue weighted by atomic mass is 16.7. The fraction of sp³-hybridized carbons (Fsp3) is 0.826. The molecule has 3 fully saturated rings. The van der Waals surface area contributed by atoms with Crippen LogP contribution in [0.3, 0.4) is 0 Å². The second kappa shape index (κ2) is 12.5. The van der Waals surface area contributed by atoms with Crippen molar-refractivity contribution in [2.24, 2.45) is 17.0 Å². The van der Waals surface area contributed by atoms with E-state index in [1.54, 1.807) is 0 Å². The Bertz CT molecular complexity index is 611. The molecule has 1 aliphatic carbocycles. The van der Waals surface area contributed by atoms with Crippen molar-refractivity contribution in [2.45, 2.75) is 95.9 Å². The molecule has 0 bridgehead atoms. The molecule has 0 amide bonds. The van der Waals surface area contributed by atoms with Crippen molar-refractivity contribution < 1.29 is 34.1 Å². The summed E-state index contributed by atoms with van der Waals surface area (Å²) in [4.78, 5) is 11.5. The van der Waals surface area contributed by atoms with Crippen molar-refractivity contribution in [3.63, 3.8) is 0 Å². The maximum Gasteiger partial charge on any atom is 0.304 e. The van der Waals surface area contributed by atoms with Gasteiger partial charge in [0.2, 0.25) is 0 Å². The number of carbonyl (C=O) groups is 1. The van der Waals surface area contributed by atoms with Crippen molar-refractivity contribution in [3.05, 3.63) is 12.2 Å². The fourth-order valence-electron chi connectivity index (χ4n) is 4.69. The molecule has 31 heavy (non-hydrogen) atoms. The molecule has 2 aliphatic heterocycles. The number of aliphatic carboxylic acids is 1. The molecule has 2 heterocycles. The number of carboxylic acids is 1. The minimum absolute atomic E-state index is 0.0985. The van der Waals surface area contributed by atoms with Crippen LogP contribution in [0.2, 0.25) is 0 Å². The number of carboxylic acid groups (broad SMARTS) is 1. The van der Waals surface area contributed by atoms with Gasteiger partial charge in [-0.2, -0.15) is 0 Å². The molecule has 0 aromatic heterocycles. The summed E-state index contributed by atoms with van der Waals surface area (Å²) in [6.07, 6.45) is 11.4. The van der Waals surface area contributed by atoms with Crippen molar-refractivity contribution >= 4 is 11.7 Å². The molecular weight excluding hydrogens is 402 g/mol. The first-order chi connectivity index (χ1) is 15.1. The Kier molecular flexibility index (Phi) is 9.77. The van der Waals surface area contributed by atoms with Gasteiger partial charge in [0.05, 0.1) is 24.3 Å². The van der Waals surface area contributed by atoms with Crippen LogP contribution in [0.25, 0.3) is 0 Å². The SMILES string of the molecule is CCCCCC(C=CC1C(OC2CCCO2)CC(=NO)C1CC(=O)O)OC1CCCO1. The van der Waals surface area contributed by atoms with Crippen LogP contribution in [0.15, 0.2) is 17.3 Å². The Labute approximate surface area is 184 Å². The van der Waals surface area contributed by atoms with Crippen LogP contribution in [0.5, 0.6) is 0 Å². The summed E-state index contributed by atoms with van der Waals surface area (Å²) >= 11 is 0. The first-order valence-corrected chi connectivity index (χ1v) is 11.8. The topological polar surface area (TPSA) is 107 Å². The summed E-state index contributed by atoms with van der Waals surface area (Å²) in [5.41, 5.74) is 0.475. The molecule has 0 aromatic rings. The maximum absolute atomic E-state index is 11.5. The first-order valence-electron chi connectivity index (χ1n) is 11.8. The van der Waals surface area contributed by atoms with Gasteiger partial charge in [-0.3, -0.25) is 4.79 Å². The normalized spacial score (nSPS) is 33.6. The van der Waals surface area contributed by atoms with Crippen LogP contribution >= 0.6 is 0 Å². The predicted octanol–water partition coefficient (Wildman–Crippen LogP) is 4.11. The molecule has 176 valence electrons. The summed E-state index contributed by atoms with van der Waals surface area (Å²) in [5, 5.41) is 22.3. The lowest BCUT2D eigenvalue weighted by Crippen LogP contribution is -2.28. The lowest BCUT2D eigenvalue weighted by atomic mass is 9.90. The summed E-state index contributed by atoms with van der Waals surface area (Å²) in [6.45, 7) is 3.57. The standard InChI is InChI=1S/C23H37NO7/c1-2-3-4-7-16(30-22-8-5-12-28-22)10-11-17-18(14-21(25)26)19(24-27)15-20(17)31-23-9-6-13-29-23/h10-11,16-18,20,22-23,27H,2-9,12-15H2,1H3,(H,25,26). The lowest BCUT2D eigenvalue weighted by Gasteiger charge is -2.25. The molecule has 8 heteroatoms. The molecule has 8 nitrogen and oxygen atoms in total. The van der Waals surface area contributed by atoms with E-state index in [1.165, 1.54) is 0 Å². The number of hydrogen-bond acceptors (Lipinski definition) is 7. The van der Waals surface area contributed by atoms with E-state index >= 15 is 0 Å². The van der Waals surface area contributed by atoms with Gasteiger partial charge in [0, 0.05) is 44.3 Å². The smallest absolute Gasteiger partial charge is 0.304 e. The number of unbranched alkanes of at least 4 members (excludes halogenated alkanes) is 2. The van der Waals surface area contributed by atoms with E-state index in [4.69, 9.17) is 18.9 Å². The van der Waals surface area contributed by atoms with Gasteiger partial charge < -0.3 is 29.3 Å².